The van der Waals surface area contributed by atoms with E-state index in [1.165, 1.54) is 0 Å². The fourth-order valence-corrected chi connectivity index (χ4v) is 3.88. The van der Waals surface area contributed by atoms with Crippen molar-refractivity contribution in [3.05, 3.63) is 62.0 Å². The zero-order chi connectivity index (χ0) is 18.0. The van der Waals surface area contributed by atoms with Crippen molar-refractivity contribution in [3.8, 4) is 6.07 Å². The molecule has 0 fully saturated rings. The van der Waals surface area contributed by atoms with Crippen LogP contribution in [0.5, 0.6) is 0 Å². The molecule has 3 aromatic rings. The summed E-state index contributed by atoms with van der Waals surface area (Å²) in [6.45, 7) is 4.87. The molecular formula is C19H19N3O2S. The molecule has 0 bridgehead atoms. The van der Waals surface area contributed by atoms with E-state index in [2.05, 4.69) is 6.07 Å². The number of hydrogen-bond acceptors (Lipinski definition) is 5. The molecule has 3 rings (SSSR count). The lowest BCUT2D eigenvalue weighted by Gasteiger charge is -2.13. The number of aryl methyl sites for hydroxylation is 2. The second kappa shape index (κ2) is 7.18. The normalized spacial score (nSPS) is 11.0. The molecule has 0 saturated carbocycles. The first-order valence-electron chi connectivity index (χ1n) is 8.02. The van der Waals surface area contributed by atoms with Crippen LogP contribution < -0.4 is 5.56 Å². The maximum atomic E-state index is 13.1. The van der Waals surface area contributed by atoms with Crippen LogP contribution in [0.1, 0.15) is 27.4 Å². The van der Waals surface area contributed by atoms with E-state index in [1.54, 1.807) is 29.1 Å². The number of hydrogen-bond donors (Lipinski definition) is 0. The van der Waals surface area contributed by atoms with Gasteiger partial charge in [0.1, 0.15) is 10.7 Å². The van der Waals surface area contributed by atoms with E-state index in [9.17, 15) is 4.79 Å². The minimum Gasteiger partial charge on any atom is -0.384 e. The van der Waals surface area contributed by atoms with Gasteiger partial charge in [-0.05, 0) is 37.1 Å². The molecule has 0 unspecified atom stereocenters. The number of benzene rings is 1. The minimum atomic E-state index is -0.0275. The monoisotopic (exact) mass is 353 g/mol. The molecule has 1 aromatic carbocycles. The highest BCUT2D eigenvalue weighted by Gasteiger charge is 2.16. The number of aromatic nitrogens is 2. The summed E-state index contributed by atoms with van der Waals surface area (Å²) < 4.78 is 6.88. The van der Waals surface area contributed by atoms with Crippen LogP contribution >= 0.6 is 11.3 Å². The smallest absolute Gasteiger partial charge is 0.262 e. The molecule has 0 atom stereocenters. The molecule has 0 aliphatic heterocycles. The van der Waals surface area contributed by atoms with Gasteiger partial charge in [-0.1, -0.05) is 12.1 Å². The lowest BCUT2D eigenvalue weighted by molar-refractivity contribution is 0.199. The van der Waals surface area contributed by atoms with Crippen molar-refractivity contribution in [2.24, 2.45) is 0 Å². The first-order valence-corrected chi connectivity index (χ1v) is 8.84. The molecular weight excluding hydrogens is 334 g/mol. The average Bonchev–Trinajstić information content (AvgIpc) is 2.90. The second-order valence-electron chi connectivity index (χ2n) is 5.94. The molecule has 5 nitrogen and oxygen atoms in total. The van der Waals surface area contributed by atoms with Crippen LogP contribution in [-0.4, -0.2) is 23.3 Å². The van der Waals surface area contributed by atoms with E-state index in [4.69, 9.17) is 15.0 Å². The lowest BCUT2D eigenvalue weighted by atomic mass is 10.1. The summed E-state index contributed by atoms with van der Waals surface area (Å²) in [5.41, 5.74) is 2.46. The Morgan fingerprint density at radius 3 is 2.88 bits per heavy atom. The summed E-state index contributed by atoms with van der Waals surface area (Å²) in [5.74, 6) is 0.711. The Morgan fingerprint density at radius 1 is 1.36 bits per heavy atom. The van der Waals surface area contributed by atoms with Crippen LogP contribution in [0.25, 0.3) is 10.2 Å². The first kappa shape index (κ1) is 17.3. The van der Waals surface area contributed by atoms with Crippen molar-refractivity contribution in [2.45, 2.75) is 26.8 Å². The Bertz CT molecular complexity index is 1030. The molecule has 25 heavy (non-hydrogen) atoms. The van der Waals surface area contributed by atoms with E-state index >= 15 is 0 Å². The average molecular weight is 353 g/mol. The molecule has 0 aliphatic rings. The molecule has 0 N–H and O–H groups in total. The van der Waals surface area contributed by atoms with Crippen LogP contribution in [0.2, 0.25) is 0 Å². The van der Waals surface area contributed by atoms with Crippen LogP contribution in [0.3, 0.4) is 0 Å². The van der Waals surface area contributed by atoms with E-state index < -0.39 is 0 Å². The predicted octanol–water partition coefficient (Wildman–Crippen LogP) is 3.18. The SMILES string of the molecule is COCCc1nc2sc(C)c(C)c2c(=O)n1Cc1cccc(C#N)c1. The number of thiophene rings is 1. The van der Waals surface area contributed by atoms with Crippen molar-refractivity contribution in [1.29, 1.82) is 5.26 Å². The van der Waals surface area contributed by atoms with Gasteiger partial charge >= 0.3 is 0 Å². The molecule has 0 amide bonds. The van der Waals surface area contributed by atoms with Crippen molar-refractivity contribution in [1.82, 2.24) is 9.55 Å². The van der Waals surface area contributed by atoms with Gasteiger partial charge in [0.25, 0.3) is 5.56 Å². The third-order valence-electron chi connectivity index (χ3n) is 4.29. The fraction of sp³-hybridized carbons (Fsp3) is 0.316. The maximum Gasteiger partial charge on any atom is 0.262 e. The van der Waals surface area contributed by atoms with Crippen LogP contribution in [0, 0.1) is 25.2 Å². The standard InChI is InChI=1S/C19H19N3O2S/c1-12-13(2)25-18-17(12)19(23)22(16(21-18)7-8-24-3)11-15-6-4-5-14(9-15)10-20/h4-6,9H,7-8,11H2,1-3H3. The van der Waals surface area contributed by atoms with E-state index in [0.717, 1.165) is 20.8 Å². The van der Waals surface area contributed by atoms with Gasteiger partial charge in [0.2, 0.25) is 0 Å². The van der Waals surface area contributed by atoms with Crippen molar-refractivity contribution < 1.29 is 4.74 Å². The number of fused-ring (bicyclic) bond motifs is 1. The van der Waals surface area contributed by atoms with Gasteiger partial charge < -0.3 is 4.74 Å². The largest absolute Gasteiger partial charge is 0.384 e. The van der Waals surface area contributed by atoms with Gasteiger partial charge in [-0.3, -0.25) is 9.36 Å². The van der Waals surface area contributed by atoms with E-state index in [0.29, 0.717) is 36.3 Å². The zero-order valence-electron chi connectivity index (χ0n) is 14.5. The summed E-state index contributed by atoms with van der Waals surface area (Å²) in [4.78, 5) is 19.8. The van der Waals surface area contributed by atoms with Gasteiger partial charge in [0.05, 0.1) is 30.2 Å². The highest BCUT2D eigenvalue weighted by molar-refractivity contribution is 7.18. The molecule has 0 aliphatic carbocycles. The Morgan fingerprint density at radius 2 is 2.16 bits per heavy atom. The van der Waals surface area contributed by atoms with Gasteiger partial charge in [0.15, 0.2) is 0 Å². The molecule has 2 aromatic heterocycles. The molecule has 2 heterocycles. The third-order valence-corrected chi connectivity index (χ3v) is 5.40. The Hall–Kier alpha value is -2.49. The lowest BCUT2D eigenvalue weighted by Crippen LogP contribution is -2.26. The van der Waals surface area contributed by atoms with Gasteiger partial charge in [-0.2, -0.15) is 5.26 Å². The predicted molar refractivity (Wildman–Crippen MR) is 99.2 cm³/mol. The highest BCUT2D eigenvalue weighted by atomic mass is 32.1. The Labute approximate surface area is 150 Å². The maximum absolute atomic E-state index is 13.1. The van der Waals surface area contributed by atoms with E-state index in [1.807, 2.05) is 32.0 Å². The summed E-state index contributed by atoms with van der Waals surface area (Å²) in [6.07, 6.45) is 0.565. The summed E-state index contributed by atoms with van der Waals surface area (Å²) in [5, 5.41) is 9.78. The number of nitrogens with zero attached hydrogens (tertiary/aromatic N) is 3. The molecule has 0 spiro atoms. The van der Waals surface area contributed by atoms with Gasteiger partial charge in [-0.15, -0.1) is 11.3 Å². The van der Waals surface area contributed by atoms with Gasteiger partial charge in [0, 0.05) is 18.4 Å². The summed E-state index contributed by atoms with van der Waals surface area (Å²) in [6, 6.07) is 9.45. The number of ether oxygens (including phenoxy) is 1. The van der Waals surface area contributed by atoms with Gasteiger partial charge in [-0.25, -0.2) is 4.98 Å². The summed E-state index contributed by atoms with van der Waals surface area (Å²) >= 11 is 1.55. The number of nitriles is 1. The van der Waals surface area contributed by atoms with Crippen LogP contribution in [0.4, 0.5) is 0 Å². The Kier molecular flexibility index (Phi) is 4.98. The number of rotatable bonds is 5. The Balaban J connectivity index is 2.16. The van der Waals surface area contributed by atoms with E-state index in [-0.39, 0.29) is 5.56 Å². The quantitative estimate of drug-likeness (QED) is 0.706. The first-order chi connectivity index (χ1) is 12.0. The summed E-state index contributed by atoms with van der Waals surface area (Å²) in [7, 11) is 1.64. The van der Waals surface area contributed by atoms with Crippen LogP contribution in [-0.2, 0) is 17.7 Å². The molecule has 6 heteroatoms. The highest BCUT2D eigenvalue weighted by Crippen LogP contribution is 2.26. The zero-order valence-corrected chi connectivity index (χ0v) is 15.3. The molecule has 0 radical (unpaired) electrons. The minimum absolute atomic E-state index is 0.0275. The molecule has 128 valence electrons. The van der Waals surface area contributed by atoms with Crippen molar-refractivity contribution in [3.63, 3.8) is 0 Å². The number of methoxy groups -OCH3 is 1. The fourth-order valence-electron chi connectivity index (χ4n) is 2.84. The third kappa shape index (κ3) is 3.34. The van der Waals surface area contributed by atoms with Crippen molar-refractivity contribution >= 4 is 21.6 Å². The topological polar surface area (TPSA) is 67.9 Å². The van der Waals surface area contributed by atoms with Crippen LogP contribution in [0.15, 0.2) is 29.1 Å². The molecule has 0 saturated heterocycles. The van der Waals surface area contributed by atoms with Crippen molar-refractivity contribution in [2.75, 3.05) is 13.7 Å². The second-order valence-corrected chi connectivity index (χ2v) is 7.14.